The van der Waals surface area contributed by atoms with Crippen molar-refractivity contribution in [2.75, 3.05) is 10.7 Å². The van der Waals surface area contributed by atoms with Gasteiger partial charge >= 0.3 is 0 Å². The van der Waals surface area contributed by atoms with Gasteiger partial charge in [0.1, 0.15) is 12.4 Å². The van der Waals surface area contributed by atoms with Crippen molar-refractivity contribution in [1.82, 2.24) is 24.7 Å². The first-order chi connectivity index (χ1) is 18.5. The van der Waals surface area contributed by atoms with Crippen LogP contribution >= 0.6 is 0 Å². The highest BCUT2D eigenvalue weighted by Crippen LogP contribution is 2.19. The van der Waals surface area contributed by atoms with Crippen LogP contribution in [-0.4, -0.2) is 30.9 Å². The zero-order valence-corrected chi connectivity index (χ0v) is 21.5. The molecule has 2 aromatic heterocycles. The number of aryl methyl sites for hydroxylation is 3. The van der Waals surface area contributed by atoms with E-state index in [1.54, 1.807) is 10.9 Å². The van der Waals surface area contributed by atoms with Gasteiger partial charge in [-0.15, -0.1) is 0 Å². The first kappa shape index (κ1) is 24.6. The van der Waals surface area contributed by atoms with Gasteiger partial charge in [-0.05, 0) is 56.7 Å². The summed E-state index contributed by atoms with van der Waals surface area (Å²) in [7, 11) is 0. The minimum atomic E-state index is 0.274. The van der Waals surface area contributed by atoms with Gasteiger partial charge in [0.05, 0.1) is 11.9 Å². The second-order valence-corrected chi connectivity index (χ2v) is 8.79. The molecule has 0 bridgehead atoms. The normalized spacial score (nSPS) is 11.0. The first-order valence-corrected chi connectivity index (χ1v) is 12.2. The van der Waals surface area contributed by atoms with E-state index in [4.69, 9.17) is 4.74 Å². The third-order valence-electron chi connectivity index (χ3n) is 5.65. The van der Waals surface area contributed by atoms with Gasteiger partial charge in [-0.25, -0.2) is 10.1 Å². The number of aromatic nitrogens is 5. The molecule has 0 saturated heterocycles. The molecule has 3 aromatic carbocycles. The van der Waals surface area contributed by atoms with E-state index in [-0.39, 0.29) is 5.95 Å². The molecule has 5 aromatic rings. The Hall–Kier alpha value is -5.05. The molecular weight excluding hydrogens is 476 g/mol. The van der Waals surface area contributed by atoms with E-state index in [0.29, 0.717) is 18.5 Å². The second-order valence-electron chi connectivity index (χ2n) is 8.79. The lowest BCUT2D eigenvalue weighted by Gasteiger charge is -2.10. The van der Waals surface area contributed by atoms with E-state index in [2.05, 4.69) is 35.9 Å². The van der Waals surface area contributed by atoms with Crippen molar-refractivity contribution >= 4 is 23.8 Å². The number of para-hydroxylation sites is 1. The highest BCUT2D eigenvalue weighted by molar-refractivity contribution is 5.83. The molecule has 0 unspecified atom stereocenters. The summed E-state index contributed by atoms with van der Waals surface area (Å²) in [5.74, 6) is 1.75. The molecule has 0 saturated carbocycles. The molecule has 38 heavy (non-hydrogen) atoms. The summed E-state index contributed by atoms with van der Waals surface area (Å²) in [6.45, 7) is 6.39. The first-order valence-electron chi connectivity index (χ1n) is 12.2. The van der Waals surface area contributed by atoms with Crippen molar-refractivity contribution in [2.24, 2.45) is 5.10 Å². The molecule has 2 N–H and O–H groups in total. The van der Waals surface area contributed by atoms with Crippen LogP contribution in [0.2, 0.25) is 0 Å². The third kappa shape index (κ3) is 6.19. The summed E-state index contributed by atoms with van der Waals surface area (Å²) >= 11 is 0. The Morgan fingerprint density at radius 2 is 1.58 bits per heavy atom. The second kappa shape index (κ2) is 11.3. The van der Waals surface area contributed by atoms with Crippen LogP contribution in [0.1, 0.15) is 28.1 Å². The predicted octanol–water partition coefficient (Wildman–Crippen LogP) is 5.75. The third-order valence-corrected chi connectivity index (χ3v) is 5.65. The van der Waals surface area contributed by atoms with Crippen LogP contribution in [0.25, 0.3) is 5.95 Å². The van der Waals surface area contributed by atoms with Gasteiger partial charge in [0, 0.05) is 16.9 Å². The molecule has 5 rings (SSSR count). The fourth-order valence-corrected chi connectivity index (χ4v) is 3.78. The largest absolute Gasteiger partial charge is 0.488 e. The van der Waals surface area contributed by atoms with Gasteiger partial charge in [0.2, 0.25) is 11.9 Å². The summed E-state index contributed by atoms with van der Waals surface area (Å²) < 4.78 is 7.71. The van der Waals surface area contributed by atoms with E-state index in [0.717, 1.165) is 34.0 Å². The lowest BCUT2D eigenvalue weighted by molar-refractivity contribution is 0.306. The van der Waals surface area contributed by atoms with Crippen LogP contribution in [0.5, 0.6) is 5.75 Å². The van der Waals surface area contributed by atoms with Crippen molar-refractivity contribution in [1.29, 1.82) is 0 Å². The number of ether oxygens (including phenoxy) is 1. The van der Waals surface area contributed by atoms with Crippen molar-refractivity contribution in [3.8, 4) is 11.7 Å². The minimum Gasteiger partial charge on any atom is -0.488 e. The van der Waals surface area contributed by atoms with E-state index >= 15 is 0 Å². The molecule has 0 aliphatic rings. The molecule has 190 valence electrons. The average Bonchev–Trinajstić information content (AvgIpc) is 3.27. The number of nitrogens with zero attached hydrogens (tertiary/aromatic N) is 6. The van der Waals surface area contributed by atoms with Gasteiger partial charge in [-0.3, -0.25) is 0 Å². The fourth-order valence-electron chi connectivity index (χ4n) is 3.78. The Morgan fingerprint density at radius 1 is 0.842 bits per heavy atom. The molecule has 0 aliphatic heterocycles. The van der Waals surface area contributed by atoms with E-state index < -0.39 is 0 Å². The molecule has 9 heteroatoms. The number of hydrazone groups is 1. The summed E-state index contributed by atoms with van der Waals surface area (Å²) in [5.41, 5.74) is 8.66. The number of benzene rings is 3. The van der Waals surface area contributed by atoms with E-state index in [9.17, 15) is 0 Å². The molecule has 0 amide bonds. The van der Waals surface area contributed by atoms with Gasteiger partial charge in [-0.2, -0.15) is 25.2 Å². The highest BCUT2D eigenvalue weighted by Gasteiger charge is 2.12. The van der Waals surface area contributed by atoms with E-state index in [1.807, 2.05) is 106 Å². The molecule has 0 spiro atoms. The van der Waals surface area contributed by atoms with Crippen molar-refractivity contribution in [3.05, 3.63) is 113 Å². The van der Waals surface area contributed by atoms with Crippen LogP contribution in [-0.2, 0) is 6.61 Å². The van der Waals surface area contributed by atoms with Crippen molar-refractivity contribution < 1.29 is 4.74 Å². The Labute approximate surface area is 221 Å². The number of hydrogen-bond acceptors (Lipinski definition) is 8. The molecule has 0 fully saturated rings. The quantitative estimate of drug-likeness (QED) is 0.195. The molecule has 0 atom stereocenters. The van der Waals surface area contributed by atoms with Crippen LogP contribution in [0, 0.1) is 20.8 Å². The van der Waals surface area contributed by atoms with Gasteiger partial charge in [0.15, 0.2) is 0 Å². The maximum Gasteiger partial charge on any atom is 0.257 e. The van der Waals surface area contributed by atoms with Gasteiger partial charge < -0.3 is 10.1 Å². The summed E-state index contributed by atoms with van der Waals surface area (Å²) in [4.78, 5) is 13.6. The fraction of sp³-hybridized carbons (Fsp3) is 0.138. The topological polar surface area (TPSA) is 102 Å². The number of nitrogens with one attached hydrogen (secondary N) is 2. The van der Waals surface area contributed by atoms with Crippen LogP contribution in [0.15, 0.2) is 90.0 Å². The zero-order valence-electron chi connectivity index (χ0n) is 21.5. The monoisotopic (exact) mass is 504 g/mol. The number of hydrogen-bond donors (Lipinski definition) is 2. The molecule has 9 nitrogen and oxygen atoms in total. The lowest BCUT2D eigenvalue weighted by atomic mass is 10.2. The molecular formula is C29H28N8O. The Balaban J connectivity index is 1.38. The molecule has 0 aliphatic carbocycles. The number of rotatable bonds is 9. The average molecular weight is 505 g/mol. The SMILES string of the molecule is Cc1ccc(Nc2nc(N/N=C/c3ccccc3OCc3ccccc3)nc(-n3nc(C)cc3C)n2)cc1. The standard InChI is InChI=1S/C29H28N8O/c1-20-13-15-25(16-14-20)31-27-32-28(34-29(33-27)37-22(3)17-21(2)36-37)35-30-18-24-11-7-8-12-26(24)38-19-23-9-5-4-6-10-23/h4-18H,19H2,1-3H3,(H2,31,32,33,34,35)/b30-18+. The molecule has 0 radical (unpaired) electrons. The van der Waals surface area contributed by atoms with Crippen LogP contribution in [0.4, 0.5) is 17.6 Å². The highest BCUT2D eigenvalue weighted by atomic mass is 16.5. The minimum absolute atomic E-state index is 0.274. The van der Waals surface area contributed by atoms with Gasteiger partial charge in [-0.1, -0.05) is 60.2 Å². The predicted molar refractivity (Wildman–Crippen MR) is 149 cm³/mol. The van der Waals surface area contributed by atoms with Crippen molar-refractivity contribution in [2.45, 2.75) is 27.4 Å². The summed E-state index contributed by atoms with van der Waals surface area (Å²) in [6, 6.07) is 27.7. The molecule has 2 heterocycles. The lowest BCUT2D eigenvalue weighted by Crippen LogP contribution is -2.11. The van der Waals surface area contributed by atoms with Gasteiger partial charge in [0.25, 0.3) is 5.95 Å². The Bertz CT molecular complexity index is 1550. The van der Waals surface area contributed by atoms with Crippen LogP contribution in [0.3, 0.4) is 0 Å². The maximum absolute atomic E-state index is 6.03. The summed E-state index contributed by atoms with van der Waals surface area (Å²) in [6.07, 6.45) is 1.68. The van der Waals surface area contributed by atoms with Crippen LogP contribution < -0.4 is 15.5 Å². The summed E-state index contributed by atoms with van der Waals surface area (Å²) in [5, 5.41) is 12.1. The Morgan fingerprint density at radius 3 is 2.34 bits per heavy atom. The maximum atomic E-state index is 6.03. The smallest absolute Gasteiger partial charge is 0.257 e. The number of anilines is 3. The van der Waals surface area contributed by atoms with E-state index in [1.165, 1.54) is 5.56 Å². The van der Waals surface area contributed by atoms with Crippen molar-refractivity contribution in [3.63, 3.8) is 0 Å². The Kier molecular flexibility index (Phi) is 7.35. The zero-order chi connectivity index (χ0) is 26.3.